The van der Waals surface area contributed by atoms with Gasteiger partial charge in [-0.3, -0.25) is 18.6 Å². The molecule has 0 radical (unpaired) electrons. The summed E-state index contributed by atoms with van der Waals surface area (Å²) in [6, 6.07) is 0. The largest absolute Gasteiger partial charge is 0.472 e. The van der Waals surface area contributed by atoms with Crippen molar-refractivity contribution in [2.75, 3.05) is 13.2 Å². The van der Waals surface area contributed by atoms with Crippen molar-refractivity contribution in [1.29, 1.82) is 0 Å². The molecule has 1 rings (SSSR count). The highest BCUT2D eigenvalue weighted by Gasteiger charge is 2.51. The van der Waals surface area contributed by atoms with Crippen molar-refractivity contribution in [2.45, 2.75) is 230 Å². The smallest absolute Gasteiger partial charge is 0.462 e. The van der Waals surface area contributed by atoms with Crippen LogP contribution in [0.15, 0.2) is 48.6 Å². The van der Waals surface area contributed by atoms with Crippen LogP contribution in [0.4, 0.5) is 0 Å². The number of aliphatic hydroxyl groups excluding tert-OH is 5. The first-order valence-corrected chi connectivity index (χ1v) is 25.4. The first-order valence-electron chi connectivity index (χ1n) is 23.9. The number of phosphoric ester groups is 1. The van der Waals surface area contributed by atoms with Gasteiger partial charge in [-0.25, -0.2) is 4.57 Å². The van der Waals surface area contributed by atoms with Crippen molar-refractivity contribution in [3.05, 3.63) is 48.6 Å². The molecule has 1 aliphatic carbocycles. The summed E-state index contributed by atoms with van der Waals surface area (Å²) in [5, 5.41) is 50.2. The number of carbonyl (C=O) groups excluding carboxylic acids is 2. The lowest BCUT2D eigenvalue weighted by Gasteiger charge is -2.41. The van der Waals surface area contributed by atoms with Crippen LogP contribution in [0.25, 0.3) is 0 Å². The van der Waals surface area contributed by atoms with Gasteiger partial charge in [-0.2, -0.15) is 0 Å². The number of hydrogen-bond donors (Lipinski definition) is 6. The van der Waals surface area contributed by atoms with Gasteiger partial charge in [-0.05, 0) is 51.4 Å². The van der Waals surface area contributed by atoms with Gasteiger partial charge in [-0.1, -0.05) is 172 Å². The van der Waals surface area contributed by atoms with Gasteiger partial charge in [0.15, 0.2) is 6.10 Å². The van der Waals surface area contributed by atoms with Crippen LogP contribution in [0.5, 0.6) is 0 Å². The molecule has 0 spiro atoms. The second-order valence-corrected chi connectivity index (χ2v) is 18.0. The highest BCUT2D eigenvalue weighted by Crippen LogP contribution is 2.47. The lowest BCUT2D eigenvalue weighted by molar-refractivity contribution is -0.220. The fourth-order valence-electron chi connectivity index (χ4n) is 7.10. The average molecular weight is 901 g/mol. The molecule has 0 aromatic rings. The third-order valence-corrected chi connectivity index (χ3v) is 11.9. The maximum absolute atomic E-state index is 12.8. The van der Waals surface area contributed by atoms with E-state index in [1.165, 1.54) is 83.5 Å². The lowest BCUT2D eigenvalue weighted by atomic mass is 9.85. The molecule has 0 amide bonds. The van der Waals surface area contributed by atoms with E-state index in [1.807, 2.05) is 0 Å². The Morgan fingerprint density at radius 3 is 1.40 bits per heavy atom. The Kier molecular flexibility index (Phi) is 35.5. The molecule has 6 unspecified atom stereocenters. The molecule has 1 fully saturated rings. The van der Waals surface area contributed by atoms with Gasteiger partial charge in [0.2, 0.25) is 0 Å². The van der Waals surface area contributed by atoms with Crippen LogP contribution >= 0.6 is 7.82 Å². The van der Waals surface area contributed by atoms with E-state index >= 15 is 0 Å². The predicted octanol–water partition coefficient (Wildman–Crippen LogP) is 9.56. The minimum Gasteiger partial charge on any atom is -0.462 e. The van der Waals surface area contributed by atoms with Gasteiger partial charge < -0.3 is 39.9 Å². The minimum absolute atomic E-state index is 0.0896. The summed E-state index contributed by atoms with van der Waals surface area (Å²) in [4.78, 5) is 35.7. The number of rotatable bonds is 39. The summed E-state index contributed by atoms with van der Waals surface area (Å²) >= 11 is 0. The highest BCUT2D eigenvalue weighted by atomic mass is 31.2. The summed E-state index contributed by atoms with van der Waals surface area (Å²) in [7, 11) is -5.13. The Morgan fingerprint density at radius 1 is 0.516 bits per heavy atom. The standard InChI is InChI=1S/C48H85O13P/c1-3-5-7-9-11-13-15-17-19-20-21-23-25-27-29-31-33-35-37-42(50)60-40(39-59-62(56,57)61-48-46(54)44(52)43(51)45(53)47(48)55)38-58-41(49)36-34-32-30-28-26-24-22-18-16-14-12-10-8-6-4-2/h6,8,12,14,18,22,26,28,40,43-48,51-55H,3-5,7,9-11,13,15-17,19-21,23-25,27,29-39H2,1-2H3,(H,56,57)/b8-6+,14-12+,22-18+,28-26+/t40-,43?,44+,45?,46?,47?,48?/m1/s1. The van der Waals surface area contributed by atoms with Crippen molar-refractivity contribution < 1.29 is 63.1 Å². The Hall–Kier alpha value is -2.19. The zero-order valence-electron chi connectivity index (χ0n) is 38.2. The predicted molar refractivity (Wildman–Crippen MR) is 244 cm³/mol. The fraction of sp³-hybridized carbons (Fsp3) is 0.792. The summed E-state index contributed by atoms with van der Waals surface area (Å²) < 4.78 is 33.5. The zero-order valence-corrected chi connectivity index (χ0v) is 39.0. The molecule has 0 bridgehead atoms. The SMILES string of the molecule is CC/C=C/C/C=C/C/C=C/C/C=C/CCCCC(=O)OC[C@H](COP(=O)(O)OC1C(O)C(O)C(O)[C@H](O)C1O)OC(=O)CCCCCCCCCCCCCCCCCCCC. The molecule has 1 saturated carbocycles. The fourth-order valence-corrected chi connectivity index (χ4v) is 8.07. The van der Waals surface area contributed by atoms with Crippen molar-refractivity contribution in [3.8, 4) is 0 Å². The van der Waals surface area contributed by atoms with Crippen LogP contribution in [-0.2, 0) is 32.7 Å². The second-order valence-electron chi connectivity index (χ2n) is 16.6. The average Bonchev–Trinajstić information content (AvgIpc) is 3.25. The van der Waals surface area contributed by atoms with E-state index in [0.717, 1.165) is 64.2 Å². The summed E-state index contributed by atoms with van der Waals surface area (Å²) in [5.41, 5.74) is 0. The molecule has 14 heteroatoms. The topological polar surface area (TPSA) is 210 Å². The molecule has 13 nitrogen and oxygen atoms in total. The summed E-state index contributed by atoms with van der Waals surface area (Å²) in [6.45, 7) is 3.16. The molecule has 8 atom stereocenters. The quantitative estimate of drug-likeness (QED) is 0.0147. The van der Waals surface area contributed by atoms with E-state index in [0.29, 0.717) is 12.8 Å². The lowest BCUT2D eigenvalue weighted by Crippen LogP contribution is -2.64. The molecule has 1 aliphatic rings. The zero-order chi connectivity index (χ0) is 45.7. The Balaban J connectivity index is 2.46. The number of carbonyl (C=O) groups is 2. The van der Waals surface area contributed by atoms with Crippen molar-refractivity contribution in [2.24, 2.45) is 0 Å². The number of ether oxygens (including phenoxy) is 2. The van der Waals surface area contributed by atoms with Crippen LogP contribution in [0.3, 0.4) is 0 Å². The maximum atomic E-state index is 12.8. The van der Waals surface area contributed by atoms with E-state index in [9.17, 15) is 44.6 Å². The van der Waals surface area contributed by atoms with E-state index in [-0.39, 0.29) is 12.8 Å². The molecule has 0 saturated heterocycles. The van der Waals surface area contributed by atoms with Gasteiger partial charge in [0.05, 0.1) is 6.61 Å². The normalized spacial score (nSPS) is 22.3. The first-order chi connectivity index (χ1) is 29.9. The Bertz CT molecular complexity index is 1270. The highest BCUT2D eigenvalue weighted by molar-refractivity contribution is 7.47. The van der Waals surface area contributed by atoms with Gasteiger partial charge >= 0.3 is 19.8 Å². The molecular weight excluding hydrogens is 815 g/mol. The molecular formula is C48H85O13P. The summed E-state index contributed by atoms with van der Waals surface area (Å²) in [5.74, 6) is -1.14. The number of phosphoric acid groups is 1. The van der Waals surface area contributed by atoms with Gasteiger partial charge in [0.25, 0.3) is 0 Å². The maximum Gasteiger partial charge on any atom is 0.472 e. The van der Waals surface area contributed by atoms with E-state index in [1.54, 1.807) is 0 Å². The molecule has 0 heterocycles. The van der Waals surface area contributed by atoms with E-state index in [4.69, 9.17) is 18.5 Å². The van der Waals surface area contributed by atoms with Crippen molar-refractivity contribution >= 4 is 19.8 Å². The number of aliphatic hydroxyl groups is 5. The molecule has 0 aromatic carbocycles. The molecule has 0 aromatic heterocycles. The van der Waals surface area contributed by atoms with Crippen LogP contribution in [-0.4, -0.2) is 98.3 Å². The van der Waals surface area contributed by atoms with E-state index < -0.39 is 75.7 Å². The van der Waals surface area contributed by atoms with Crippen LogP contribution in [0, 0.1) is 0 Å². The molecule has 62 heavy (non-hydrogen) atoms. The molecule has 360 valence electrons. The monoisotopic (exact) mass is 901 g/mol. The van der Waals surface area contributed by atoms with Crippen molar-refractivity contribution in [3.63, 3.8) is 0 Å². The molecule has 6 N–H and O–H groups in total. The van der Waals surface area contributed by atoms with Crippen LogP contribution < -0.4 is 0 Å². The van der Waals surface area contributed by atoms with Gasteiger partial charge in [-0.15, -0.1) is 0 Å². The Morgan fingerprint density at radius 2 is 0.919 bits per heavy atom. The van der Waals surface area contributed by atoms with Gasteiger partial charge in [0.1, 0.15) is 43.2 Å². The minimum atomic E-state index is -5.13. The van der Waals surface area contributed by atoms with Crippen LogP contribution in [0.2, 0.25) is 0 Å². The number of hydrogen-bond acceptors (Lipinski definition) is 12. The van der Waals surface area contributed by atoms with Crippen molar-refractivity contribution in [1.82, 2.24) is 0 Å². The third kappa shape index (κ3) is 30.0. The van der Waals surface area contributed by atoms with Gasteiger partial charge in [0, 0.05) is 12.8 Å². The number of unbranched alkanes of at least 4 members (excludes halogenated alkanes) is 19. The first kappa shape index (κ1) is 57.8. The molecule has 0 aliphatic heterocycles. The van der Waals surface area contributed by atoms with E-state index in [2.05, 4.69) is 62.5 Å². The third-order valence-electron chi connectivity index (χ3n) is 10.9. The summed E-state index contributed by atoms with van der Waals surface area (Å²) in [6.07, 6.45) is 31.7. The number of esters is 2. The Labute approximate surface area is 373 Å². The van der Waals surface area contributed by atoms with Crippen LogP contribution in [0.1, 0.15) is 187 Å². The second kappa shape index (κ2) is 38.1. The number of allylic oxidation sites excluding steroid dienone is 8.